The quantitative estimate of drug-likeness (QED) is 0.594. The SMILES string of the molecule is C=C(C)CC1CC1C(C)O. The average molecular weight is 140 g/mol. The Balaban J connectivity index is 2.19. The first kappa shape index (κ1) is 7.80. The van der Waals surface area contributed by atoms with Crippen molar-refractivity contribution in [1.29, 1.82) is 0 Å². The van der Waals surface area contributed by atoms with Crippen molar-refractivity contribution in [2.45, 2.75) is 32.8 Å². The third kappa shape index (κ3) is 1.84. The molecule has 0 aromatic carbocycles. The highest BCUT2D eigenvalue weighted by Crippen LogP contribution is 2.44. The highest BCUT2D eigenvalue weighted by Gasteiger charge is 2.39. The van der Waals surface area contributed by atoms with Gasteiger partial charge in [-0.1, -0.05) is 5.57 Å². The molecule has 1 aliphatic rings. The van der Waals surface area contributed by atoms with Crippen LogP contribution in [-0.4, -0.2) is 11.2 Å². The molecule has 3 unspecified atom stereocenters. The zero-order chi connectivity index (χ0) is 7.72. The number of hydrogen-bond acceptors (Lipinski definition) is 1. The van der Waals surface area contributed by atoms with E-state index in [1.165, 1.54) is 12.0 Å². The van der Waals surface area contributed by atoms with Gasteiger partial charge in [0.25, 0.3) is 0 Å². The lowest BCUT2D eigenvalue weighted by molar-refractivity contribution is 0.164. The van der Waals surface area contributed by atoms with Gasteiger partial charge in [-0.15, -0.1) is 6.58 Å². The first-order valence-corrected chi connectivity index (χ1v) is 3.93. The van der Waals surface area contributed by atoms with Crippen LogP contribution in [0.1, 0.15) is 26.7 Å². The van der Waals surface area contributed by atoms with Crippen molar-refractivity contribution in [3.05, 3.63) is 12.2 Å². The summed E-state index contributed by atoms with van der Waals surface area (Å²) >= 11 is 0. The molecule has 0 aliphatic heterocycles. The van der Waals surface area contributed by atoms with Gasteiger partial charge in [-0.3, -0.25) is 0 Å². The van der Waals surface area contributed by atoms with Crippen LogP contribution < -0.4 is 0 Å². The van der Waals surface area contributed by atoms with Crippen LogP contribution >= 0.6 is 0 Å². The van der Waals surface area contributed by atoms with Crippen molar-refractivity contribution in [3.8, 4) is 0 Å². The summed E-state index contributed by atoms with van der Waals surface area (Å²) in [5.41, 5.74) is 1.24. The van der Waals surface area contributed by atoms with Crippen molar-refractivity contribution in [3.63, 3.8) is 0 Å². The summed E-state index contributed by atoms with van der Waals surface area (Å²) < 4.78 is 0. The van der Waals surface area contributed by atoms with Crippen molar-refractivity contribution in [2.24, 2.45) is 11.8 Å². The molecule has 10 heavy (non-hydrogen) atoms. The molecule has 58 valence electrons. The van der Waals surface area contributed by atoms with Gasteiger partial charge in [0.1, 0.15) is 0 Å². The fraction of sp³-hybridized carbons (Fsp3) is 0.778. The Bertz CT molecular complexity index is 138. The maximum absolute atomic E-state index is 9.15. The van der Waals surface area contributed by atoms with Gasteiger partial charge in [0.05, 0.1) is 6.10 Å². The van der Waals surface area contributed by atoms with Gasteiger partial charge in [-0.05, 0) is 38.5 Å². The molecule has 1 aliphatic carbocycles. The molecule has 0 saturated heterocycles. The van der Waals surface area contributed by atoms with Crippen LogP contribution in [0.3, 0.4) is 0 Å². The Morgan fingerprint density at radius 3 is 2.70 bits per heavy atom. The van der Waals surface area contributed by atoms with Gasteiger partial charge < -0.3 is 5.11 Å². The van der Waals surface area contributed by atoms with E-state index in [0.29, 0.717) is 5.92 Å². The summed E-state index contributed by atoms with van der Waals surface area (Å²) in [5, 5.41) is 9.15. The Morgan fingerprint density at radius 2 is 2.40 bits per heavy atom. The Morgan fingerprint density at radius 1 is 1.80 bits per heavy atom. The van der Waals surface area contributed by atoms with Crippen LogP contribution in [0.25, 0.3) is 0 Å². The first-order valence-electron chi connectivity index (χ1n) is 3.93. The van der Waals surface area contributed by atoms with Gasteiger partial charge in [0.2, 0.25) is 0 Å². The van der Waals surface area contributed by atoms with E-state index in [-0.39, 0.29) is 6.10 Å². The van der Waals surface area contributed by atoms with Crippen LogP contribution in [0.4, 0.5) is 0 Å². The fourth-order valence-corrected chi connectivity index (χ4v) is 1.54. The normalized spacial score (nSPS) is 33.5. The third-order valence-electron chi connectivity index (χ3n) is 2.21. The van der Waals surface area contributed by atoms with E-state index in [9.17, 15) is 0 Å². The van der Waals surface area contributed by atoms with E-state index < -0.39 is 0 Å². The summed E-state index contributed by atoms with van der Waals surface area (Å²) in [6.07, 6.45) is 2.20. The van der Waals surface area contributed by atoms with Gasteiger partial charge in [0.15, 0.2) is 0 Å². The summed E-state index contributed by atoms with van der Waals surface area (Å²) in [4.78, 5) is 0. The predicted octanol–water partition coefficient (Wildman–Crippen LogP) is 1.97. The zero-order valence-corrected chi connectivity index (χ0v) is 6.80. The molecule has 0 bridgehead atoms. The summed E-state index contributed by atoms with van der Waals surface area (Å²) in [5.74, 6) is 1.30. The molecule has 3 atom stereocenters. The molecule has 0 amide bonds. The van der Waals surface area contributed by atoms with Crippen molar-refractivity contribution in [2.75, 3.05) is 0 Å². The molecule has 1 nitrogen and oxygen atoms in total. The largest absolute Gasteiger partial charge is 0.393 e. The highest BCUT2D eigenvalue weighted by molar-refractivity contribution is 5.00. The monoisotopic (exact) mass is 140 g/mol. The van der Waals surface area contributed by atoms with Crippen molar-refractivity contribution >= 4 is 0 Å². The van der Waals surface area contributed by atoms with E-state index in [0.717, 1.165) is 12.3 Å². The highest BCUT2D eigenvalue weighted by atomic mass is 16.3. The fourth-order valence-electron chi connectivity index (χ4n) is 1.54. The van der Waals surface area contributed by atoms with Crippen molar-refractivity contribution < 1.29 is 5.11 Å². The Labute approximate surface area is 62.8 Å². The molecule has 1 heteroatoms. The molecule has 1 fully saturated rings. The van der Waals surface area contributed by atoms with E-state index in [2.05, 4.69) is 13.5 Å². The first-order chi connectivity index (χ1) is 4.61. The van der Waals surface area contributed by atoms with E-state index in [1.807, 2.05) is 6.92 Å². The summed E-state index contributed by atoms with van der Waals surface area (Å²) in [7, 11) is 0. The predicted molar refractivity (Wildman–Crippen MR) is 42.7 cm³/mol. The zero-order valence-electron chi connectivity index (χ0n) is 6.80. The van der Waals surface area contributed by atoms with Crippen LogP contribution in [-0.2, 0) is 0 Å². The second-order valence-electron chi connectivity index (χ2n) is 3.56. The third-order valence-corrected chi connectivity index (χ3v) is 2.21. The summed E-state index contributed by atoms with van der Waals surface area (Å²) in [6.45, 7) is 7.78. The lowest BCUT2D eigenvalue weighted by Crippen LogP contribution is -2.03. The van der Waals surface area contributed by atoms with Crippen LogP contribution in [0.5, 0.6) is 0 Å². The molecule has 1 N–H and O–H groups in total. The number of allylic oxidation sites excluding steroid dienone is 1. The molecule has 1 rings (SSSR count). The smallest absolute Gasteiger partial charge is 0.0543 e. The van der Waals surface area contributed by atoms with E-state index in [4.69, 9.17) is 5.11 Å². The van der Waals surface area contributed by atoms with Crippen molar-refractivity contribution in [1.82, 2.24) is 0 Å². The molecular weight excluding hydrogens is 124 g/mol. The number of aliphatic hydroxyl groups is 1. The molecule has 0 aromatic rings. The lowest BCUT2D eigenvalue weighted by Gasteiger charge is -2.01. The number of aliphatic hydroxyl groups excluding tert-OH is 1. The topological polar surface area (TPSA) is 20.2 Å². The molecule has 0 radical (unpaired) electrons. The minimum atomic E-state index is -0.107. The molecule has 0 heterocycles. The van der Waals surface area contributed by atoms with E-state index >= 15 is 0 Å². The van der Waals surface area contributed by atoms with Gasteiger partial charge in [-0.2, -0.15) is 0 Å². The minimum absolute atomic E-state index is 0.107. The Kier molecular flexibility index (Phi) is 2.14. The maximum Gasteiger partial charge on any atom is 0.0543 e. The van der Waals surface area contributed by atoms with Gasteiger partial charge in [0, 0.05) is 0 Å². The van der Waals surface area contributed by atoms with E-state index in [1.54, 1.807) is 0 Å². The second kappa shape index (κ2) is 2.75. The number of rotatable bonds is 3. The van der Waals surface area contributed by atoms with Crippen LogP contribution in [0.15, 0.2) is 12.2 Å². The summed E-state index contributed by atoms with van der Waals surface area (Å²) in [6, 6.07) is 0. The molecular formula is C9H16O. The molecule has 1 saturated carbocycles. The second-order valence-corrected chi connectivity index (χ2v) is 3.56. The van der Waals surface area contributed by atoms with Gasteiger partial charge >= 0.3 is 0 Å². The molecule has 0 aromatic heterocycles. The number of hydrogen-bond donors (Lipinski definition) is 1. The van der Waals surface area contributed by atoms with Gasteiger partial charge in [-0.25, -0.2) is 0 Å². The maximum atomic E-state index is 9.15. The lowest BCUT2D eigenvalue weighted by atomic mass is 10.1. The van der Waals surface area contributed by atoms with Crippen LogP contribution in [0, 0.1) is 11.8 Å². The Hall–Kier alpha value is -0.300. The standard InChI is InChI=1S/C9H16O/c1-6(2)4-8-5-9(8)7(3)10/h7-10H,1,4-5H2,2-3H3. The molecule has 0 spiro atoms. The van der Waals surface area contributed by atoms with Crippen LogP contribution in [0.2, 0.25) is 0 Å². The average Bonchev–Trinajstić information content (AvgIpc) is 2.43. The minimum Gasteiger partial charge on any atom is -0.393 e.